The van der Waals surface area contributed by atoms with E-state index in [0.29, 0.717) is 21.8 Å². The van der Waals surface area contributed by atoms with Crippen molar-refractivity contribution in [1.29, 1.82) is 0 Å². The lowest BCUT2D eigenvalue weighted by molar-refractivity contribution is -0.146. The van der Waals surface area contributed by atoms with Gasteiger partial charge in [0.15, 0.2) is 11.5 Å². The Morgan fingerprint density at radius 1 is 1.00 bits per heavy atom. The van der Waals surface area contributed by atoms with E-state index in [0.717, 1.165) is 24.5 Å². The molecule has 0 saturated heterocycles. The van der Waals surface area contributed by atoms with Crippen LogP contribution in [0.1, 0.15) is 63.7 Å². The zero-order chi connectivity index (χ0) is 30.8. The number of hydroxylamine groups is 1. The second kappa shape index (κ2) is 12.7. The smallest absolute Gasteiger partial charge is 0.326 e. The van der Waals surface area contributed by atoms with Crippen LogP contribution in [0.2, 0.25) is 10.0 Å². The van der Waals surface area contributed by atoms with E-state index in [-0.39, 0.29) is 46.9 Å². The quantitative estimate of drug-likeness (QED) is 0.143. The van der Waals surface area contributed by atoms with E-state index < -0.39 is 71.7 Å². The van der Waals surface area contributed by atoms with Crippen LogP contribution >= 0.6 is 23.2 Å². The number of carbonyl (C=O) groups excluding carboxylic acids is 3. The number of rotatable bonds is 8. The Kier molecular flexibility index (Phi) is 9.48. The second-order valence-corrected chi connectivity index (χ2v) is 10.5. The highest BCUT2D eigenvalue weighted by molar-refractivity contribution is 6.39. The van der Waals surface area contributed by atoms with Crippen molar-refractivity contribution in [3.8, 4) is 0 Å². The number of nitrogens with zero attached hydrogens (tertiary/aromatic N) is 4. The van der Waals surface area contributed by atoms with Crippen LogP contribution in [-0.4, -0.2) is 49.0 Å². The lowest BCUT2D eigenvalue weighted by Gasteiger charge is -2.29. The van der Waals surface area contributed by atoms with E-state index in [2.05, 4.69) is 10.1 Å². The minimum Gasteiger partial charge on any atom is -0.326 e. The zero-order valence-electron chi connectivity index (χ0n) is 21.5. The highest BCUT2D eigenvalue weighted by Gasteiger charge is 2.43. The molecule has 1 fully saturated rings. The Hall–Kier alpha value is -3.62. The summed E-state index contributed by atoms with van der Waals surface area (Å²) >= 11 is 12.1. The van der Waals surface area contributed by atoms with E-state index in [1.54, 1.807) is 0 Å². The highest BCUT2D eigenvalue weighted by atomic mass is 35.5. The fraction of sp³-hybridized carbons (Fsp3) is 0.346. The molecule has 0 unspecified atom stereocenters. The maximum absolute atomic E-state index is 14.4. The molecule has 0 atom stereocenters. The number of nitrogens with one attached hydrogen (secondary N) is 1. The molecule has 9 nitrogen and oxygen atoms in total. The molecule has 0 bridgehead atoms. The normalized spacial score (nSPS) is 17.1. The van der Waals surface area contributed by atoms with Crippen LogP contribution in [0.15, 0.2) is 36.8 Å². The summed E-state index contributed by atoms with van der Waals surface area (Å²) in [7, 11) is 0. The Morgan fingerprint density at radius 2 is 1.60 bits per heavy atom. The van der Waals surface area contributed by atoms with Crippen molar-refractivity contribution in [3.63, 3.8) is 0 Å². The van der Waals surface area contributed by atoms with Gasteiger partial charge >= 0.3 is 6.18 Å². The van der Waals surface area contributed by atoms with Crippen LogP contribution in [0, 0.1) is 17.6 Å². The molecule has 1 aliphatic rings. The van der Waals surface area contributed by atoms with Crippen LogP contribution in [0.3, 0.4) is 0 Å². The molecule has 42 heavy (non-hydrogen) atoms. The SMILES string of the molecule is O=C(CN(Cc1cc(F)cc(F)c1)C(=O)c1cnn(C2CCC(C(=O)NO)CC2)c1C(F)(F)F)c1c(Cl)cncc1Cl. The topological polar surface area (TPSA) is 117 Å². The molecule has 224 valence electrons. The van der Waals surface area contributed by atoms with Crippen LogP contribution in [0.25, 0.3) is 0 Å². The summed E-state index contributed by atoms with van der Waals surface area (Å²) < 4.78 is 71.7. The third-order valence-electron chi connectivity index (χ3n) is 6.87. The first-order chi connectivity index (χ1) is 19.8. The maximum Gasteiger partial charge on any atom is 0.433 e. The molecule has 2 heterocycles. The average molecular weight is 634 g/mol. The summed E-state index contributed by atoms with van der Waals surface area (Å²) in [6, 6.07) is 1.49. The van der Waals surface area contributed by atoms with Gasteiger partial charge in [-0.25, -0.2) is 14.3 Å². The van der Waals surface area contributed by atoms with Crippen molar-refractivity contribution >= 4 is 40.8 Å². The first-order valence-electron chi connectivity index (χ1n) is 12.4. The monoisotopic (exact) mass is 633 g/mol. The molecule has 2 aromatic heterocycles. The van der Waals surface area contributed by atoms with Gasteiger partial charge in [-0.3, -0.25) is 29.3 Å². The van der Waals surface area contributed by atoms with E-state index in [1.807, 2.05) is 0 Å². The van der Waals surface area contributed by atoms with Gasteiger partial charge in [0, 0.05) is 30.9 Å². The van der Waals surface area contributed by atoms with E-state index in [1.165, 1.54) is 5.48 Å². The third-order valence-corrected chi connectivity index (χ3v) is 7.44. The zero-order valence-corrected chi connectivity index (χ0v) is 23.0. The van der Waals surface area contributed by atoms with E-state index in [4.69, 9.17) is 28.4 Å². The Morgan fingerprint density at radius 3 is 2.14 bits per heavy atom. The summed E-state index contributed by atoms with van der Waals surface area (Å²) in [6.45, 7) is -1.51. The molecule has 1 aliphatic carbocycles. The Balaban J connectivity index is 1.71. The maximum atomic E-state index is 14.4. The molecule has 0 spiro atoms. The van der Waals surface area contributed by atoms with Crippen LogP contribution in [0.4, 0.5) is 22.0 Å². The van der Waals surface area contributed by atoms with Gasteiger partial charge in [-0.05, 0) is 43.4 Å². The predicted octanol–water partition coefficient (Wildman–Crippen LogP) is 5.64. The number of benzene rings is 1. The molecule has 0 radical (unpaired) electrons. The molecule has 3 aromatic rings. The molecular formula is C26H22Cl2F5N5O4. The first-order valence-corrected chi connectivity index (χ1v) is 13.2. The minimum atomic E-state index is -5.07. The Bertz CT molecular complexity index is 1470. The number of alkyl halides is 3. The highest BCUT2D eigenvalue weighted by Crippen LogP contribution is 2.39. The first kappa shape index (κ1) is 31.3. The van der Waals surface area contributed by atoms with Gasteiger partial charge in [0.05, 0.1) is 40.0 Å². The lowest BCUT2D eigenvalue weighted by Crippen LogP contribution is -2.37. The molecule has 1 saturated carbocycles. The number of halogens is 7. The molecular weight excluding hydrogens is 612 g/mol. The van der Waals surface area contributed by atoms with Crippen LogP contribution in [0.5, 0.6) is 0 Å². The molecule has 2 N–H and O–H groups in total. The number of hydrogen-bond acceptors (Lipinski definition) is 6. The average Bonchev–Trinajstić information content (AvgIpc) is 3.37. The van der Waals surface area contributed by atoms with Gasteiger partial charge in [0.25, 0.3) is 5.91 Å². The summed E-state index contributed by atoms with van der Waals surface area (Å²) in [5.41, 5.74) is -1.13. The van der Waals surface area contributed by atoms with E-state index in [9.17, 15) is 36.3 Å². The van der Waals surface area contributed by atoms with Crippen molar-refractivity contribution in [2.75, 3.05) is 6.54 Å². The molecule has 2 amide bonds. The van der Waals surface area contributed by atoms with Crippen LogP contribution < -0.4 is 5.48 Å². The summed E-state index contributed by atoms with van der Waals surface area (Å²) in [4.78, 5) is 43.0. The number of ketones is 1. The van der Waals surface area contributed by atoms with Gasteiger partial charge in [-0.15, -0.1) is 0 Å². The number of Topliss-reactive ketones (excluding diaryl/α,β-unsaturated/α-hetero) is 1. The van der Waals surface area contributed by atoms with Crippen LogP contribution in [-0.2, 0) is 17.5 Å². The molecule has 16 heteroatoms. The van der Waals surface area contributed by atoms with Crippen molar-refractivity contribution in [2.45, 2.75) is 44.4 Å². The fourth-order valence-corrected chi connectivity index (χ4v) is 5.55. The molecule has 1 aromatic carbocycles. The molecule has 0 aliphatic heterocycles. The van der Waals surface area contributed by atoms with Gasteiger partial charge < -0.3 is 4.90 Å². The Labute approximate surface area is 245 Å². The third kappa shape index (κ3) is 6.88. The van der Waals surface area contributed by atoms with Crippen molar-refractivity contribution in [1.82, 2.24) is 25.1 Å². The number of amides is 2. The van der Waals surface area contributed by atoms with E-state index >= 15 is 0 Å². The van der Waals surface area contributed by atoms with Gasteiger partial charge in [-0.1, -0.05) is 23.2 Å². The largest absolute Gasteiger partial charge is 0.433 e. The summed E-state index contributed by atoms with van der Waals surface area (Å²) in [6.07, 6.45) is -1.61. The standard InChI is InChI=1S/C26H22Cl2F5N5O4/c27-19-9-34-10-20(28)22(19)21(39)12-37(11-13-5-15(29)7-16(30)6-13)25(41)18-8-35-38(23(18)26(31,32)33)17-3-1-14(2-4-17)24(40)36-42/h5-10,14,17,42H,1-4,11-12H2,(H,36,40). The second-order valence-electron chi connectivity index (χ2n) is 9.67. The number of pyridine rings is 1. The number of hydrogen-bond donors (Lipinski definition) is 2. The number of carbonyl (C=O) groups is 3. The van der Waals surface area contributed by atoms with Gasteiger partial charge in [0.2, 0.25) is 5.91 Å². The van der Waals surface area contributed by atoms with Gasteiger partial charge in [-0.2, -0.15) is 18.3 Å². The van der Waals surface area contributed by atoms with Crippen molar-refractivity contribution < 1.29 is 41.5 Å². The summed E-state index contributed by atoms with van der Waals surface area (Å²) in [5.74, 6) is -5.40. The van der Waals surface area contributed by atoms with Crippen molar-refractivity contribution in [3.05, 3.63) is 80.9 Å². The number of aromatic nitrogens is 3. The summed E-state index contributed by atoms with van der Waals surface area (Å²) in [5, 5.41) is 12.3. The predicted molar refractivity (Wildman–Crippen MR) is 138 cm³/mol. The van der Waals surface area contributed by atoms with Crippen molar-refractivity contribution in [2.24, 2.45) is 5.92 Å². The fourth-order valence-electron chi connectivity index (χ4n) is 4.97. The lowest BCUT2D eigenvalue weighted by atomic mass is 9.85. The van der Waals surface area contributed by atoms with Gasteiger partial charge in [0.1, 0.15) is 11.6 Å². The molecule has 4 rings (SSSR count). The minimum absolute atomic E-state index is 0.0975.